The first-order chi connectivity index (χ1) is 10.3. The Balaban J connectivity index is 1.56. The van der Waals surface area contributed by atoms with Gasteiger partial charge in [-0.3, -0.25) is 9.80 Å². The Kier molecular flexibility index (Phi) is 4.78. The third-order valence-corrected chi connectivity index (χ3v) is 4.92. The number of rotatable bonds is 6. The molecule has 3 aliphatic heterocycles. The summed E-state index contributed by atoms with van der Waals surface area (Å²) in [4.78, 5) is 5.24. The first kappa shape index (κ1) is 14.8. The van der Waals surface area contributed by atoms with E-state index in [0.29, 0.717) is 12.1 Å². The highest BCUT2D eigenvalue weighted by atomic mass is 16.5. The van der Waals surface area contributed by atoms with E-state index in [9.17, 15) is 0 Å². The number of ether oxygens (including phenoxy) is 1. The average molecular weight is 289 g/mol. The van der Waals surface area contributed by atoms with Gasteiger partial charge in [0, 0.05) is 51.4 Å². The molecule has 1 aromatic rings. The molecule has 3 heterocycles. The van der Waals surface area contributed by atoms with Crippen molar-refractivity contribution in [3.8, 4) is 5.75 Å². The van der Waals surface area contributed by atoms with Gasteiger partial charge in [0.05, 0.1) is 7.11 Å². The molecule has 21 heavy (non-hydrogen) atoms. The lowest BCUT2D eigenvalue weighted by Crippen LogP contribution is -2.63. The fraction of sp³-hybridized carbons (Fsp3) is 0.647. The quantitative estimate of drug-likeness (QED) is 0.863. The molecule has 4 rings (SSSR count). The first-order valence-electron chi connectivity index (χ1n) is 8.14. The highest BCUT2D eigenvalue weighted by molar-refractivity contribution is 5.29. The van der Waals surface area contributed by atoms with E-state index in [1.165, 1.54) is 38.3 Å². The zero-order valence-corrected chi connectivity index (χ0v) is 13.2. The van der Waals surface area contributed by atoms with Crippen molar-refractivity contribution in [2.24, 2.45) is 0 Å². The van der Waals surface area contributed by atoms with Crippen molar-refractivity contribution < 1.29 is 4.74 Å². The van der Waals surface area contributed by atoms with Crippen molar-refractivity contribution in [2.45, 2.75) is 25.4 Å². The second-order valence-corrected chi connectivity index (χ2v) is 6.13. The topological polar surface area (TPSA) is 27.7 Å². The summed E-state index contributed by atoms with van der Waals surface area (Å²) in [6.45, 7) is 9.56. The molecular formula is C17H27N3O. The van der Waals surface area contributed by atoms with Crippen molar-refractivity contribution in [1.82, 2.24) is 15.1 Å². The van der Waals surface area contributed by atoms with E-state index in [2.05, 4.69) is 46.3 Å². The van der Waals surface area contributed by atoms with Gasteiger partial charge in [-0.05, 0) is 24.1 Å². The summed E-state index contributed by atoms with van der Waals surface area (Å²) in [6, 6.07) is 9.58. The summed E-state index contributed by atoms with van der Waals surface area (Å²) < 4.78 is 5.24. The molecule has 0 aromatic heterocycles. The minimum atomic E-state index is 0.438. The molecule has 2 atom stereocenters. The van der Waals surface area contributed by atoms with Crippen LogP contribution in [0.2, 0.25) is 0 Å². The fourth-order valence-corrected chi connectivity index (χ4v) is 3.53. The van der Waals surface area contributed by atoms with E-state index >= 15 is 0 Å². The molecule has 3 fully saturated rings. The van der Waals surface area contributed by atoms with Crippen LogP contribution in [0, 0.1) is 0 Å². The molecule has 116 valence electrons. The van der Waals surface area contributed by atoms with Gasteiger partial charge in [-0.1, -0.05) is 19.1 Å². The van der Waals surface area contributed by atoms with Crippen LogP contribution in [0.3, 0.4) is 0 Å². The highest BCUT2D eigenvalue weighted by Crippen LogP contribution is 2.21. The second kappa shape index (κ2) is 6.77. The summed E-state index contributed by atoms with van der Waals surface area (Å²) in [6.07, 6.45) is 1.11. The van der Waals surface area contributed by atoms with Gasteiger partial charge in [-0.25, -0.2) is 0 Å². The lowest BCUT2D eigenvalue weighted by atomic mass is 10.0. The fourth-order valence-electron chi connectivity index (χ4n) is 3.53. The van der Waals surface area contributed by atoms with Crippen LogP contribution < -0.4 is 10.1 Å². The zero-order chi connectivity index (χ0) is 14.7. The predicted octanol–water partition coefficient (Wildman–Crippen LogP) is 1.74. The normalized spacial score (nSPS) is 29.3. The molecule has 0 radical (unpaired) electrons. The van der Waals surface area contributed by atoms with E-state index < -0.39 is 0 Å². The molecule has 2 bridgehead atoms. The van der Waals surface area contributed by atoms with Crippen molar-refractivity contribution in [3.05, 3.63) is 29.8 Å². The number of hydrogen-bond donors (Lipinski definition) is 1. The molecule has 3 aliphatic rings. The molecule has 4 nitrogen and oxygen atoms in total. The van der Waals surface area contributed by atoms with Crippen LogP contribution in [0.1, 0.15) is 24.9 Å². The van der Waals surface area contributed by atoms with Gasteiger partial charge in [0.25, 0.3) is 0 Å². The largest absolute Gasteiger partial charge is 0.497 e. The maximum absolute atomic E-state index is 5.24. The molecular weight excluding hydrogens is 262 g/mol. The van der Waals surface area contributed by atoms with E-state index in [4.69, 9.17) is 4.74 Å². The van der Waals surface area contributed by atoms with Crippen LogP contribution >= 0.6 is 0 Å². The average Bonchev–Trinajstić information content (AvgIpc) is 2.57. The second-order valence-electron chi connectivity index (χ2n) is 6.13. The molecule has 0 spiro atoms. The number of methoxy groups -OCH3 is 1. The number of piperazine rings is 3. The Labute approximate surface area is 128 Å². The van der Waals surface area contributed by atoms with Gasteiger partial charge < -0.3 is 10.1 Å². The third kappa shape index (κ3) is 3.39. The highest BCUT2D eigenvalue weighted by Gasteiger charge is 2.31. The van der Waals surface area contributed by atoms with Crippen LogP contribution in [0.4, 0.5) is 0 Å². The Hall–Kier alpha value is -1.10. The molecule has 3 saturated heterocycles. The standard InChI is InChI=1S/C17H27N3O/c1-3-17(14-4-6-16(21-2)7-5-14)18-12-15-13-19-8-10-20(15)11-9-19/h4-7,15,17-18H,3,8-13H2,1-2H3. The van der Waals surface area contributed by atoms with Gasteiger partial charge in [0.15, 0.2) is 0 Å². The van der Waals surface area contributed by atoms with Crippen LogP contribution in [0.25, 0.3) is 0 Å². The Morgan fingerprint density at radius 3 is 2.43 bits per heavy atom. The Morgan fingerprint density at radius 1 is 1.19 bits per heavy atom. The minimum Gasteiger partial charge on any atom is -0.497 e. The maximum atomic E-state index is 5.24. The van der Waals surface area contributed by atoms with Gasteiger partial charge >= 0.3 is 0 Å². The molecule has 1 aromatic carbocycles. The van der Waals surface area contributed by atoms with E-state index in [1.54, 1.807) is 7.11 Å². The predicted molar refractivity (Wildman–Crippen MR) is 85.8 cm³/mol. The minimum absolute atomic E-state index is 0.438. The lowest BCUT2D eigenvalue weighted by molar-refractivity contribution is 0.0126. The van der Waals surface area contributed by atoms with Crippen molar-refractivity contribution >= 4 is 0 Å². The number of nitrogens with zero attached hydrogens (tertiary/aromatic N) is 2. The summed E-state index contributed by atoms with van der Waals surface area (Å²) in [5, 5.41) is 3.77. The Bertz CT molecular complexity index is 440. The lowest BCUT2D eigenvalue weighted by Gasteiger charge is -2.47. The van der Waals surface area contributed by atoms with Crippen molar-refractivity contribution in [3.63, 3.8) is 0 Å². The van der Waals surface area contributed by atoms with Crippen LogP contribution in [-0.2, 0) is 0 Å². The van der Waals surface area contributed by atoms with Crippen molar-refractivity contribution in [1.29, 1.82) is 0 Å². The zero-order valence-electron chi connectivity index (χ0n) is 13.2. The first-order valence-corrected chi connectivity index (χ1v) is 8.14. The molecule has 0 amide bonds. The molecule has 1 N–H and O–H groups in total. The number of hydrogen-bond acceptors (Lipinski definition) is 4. The summed E-state index contributed by atoms with van der Waals surface area (Å²) in [7, 11) is 1.71. The van der Waals surface area contributed by atoms with E-state index in [0.717, 1.165) is 18.7 Å². The van der Waals surface area contributed by atoms with Crippen molar-refractivity contribution in [2.75, 3.05) is 46.4 Å². The number of fused-ring (bicyclic) bond motifs is 3. The summed E-state index contributed by atoms with van der Waals surface area (Å²) in [5.74, 6) is 0.928. The number of benzene rings is 1. The van der Waals surface area contributed by atoms with Crippen LogP contribution in [-0.4, -0.2) is 62.2 Å². The van der Waals surface area contributed by atoms with E-state index in [-0.39, 0.29) is 0 Å². The van der Waals surface area contributed by atoms with Gasteiger partial charge in [0.2, 0.25) is 0 Å². The molecule has 4 heteroatoms. The van der Waals surface area contributed by atoms with Gasteiger partial charge in [-0.15, -0.1) is 0 Å². The molecule has 2 unspecified atom stereocenters. The maximum Gasteiger partial charge on any atom is 0.118 e. The van der Waals surface area contributed by atoms with E-state index in [1.807, 2.05) is 0 Å². The smallest absolute Gasteiger partial charge is 0.118 e. The third-order valence-electron chi connectivity index (χ3n) is 4.92. The van der Waals surface area contributed by atoms with Crippen LogP contribution in [0.5, 0.6) is 5.75 Å². The Morgan fingerprint density at radius 2 is 1.90 bits per heavy atom. The van der Waals surface area contributed by atoms with Crippen LogP contribution in [0.15, 0.2) is 24.3 Å². The SMILES string of the molecule is CCC(NCC1CN2CCN1CC2)c1ccc(OC)cc1. The van der Waals surface area contributed by atoms with Gasteiger partial charge in [-0.2, -0.15) is 0 Å². The number of nitrogens with one attached hydrogen (secondary N) is 1. The summed E-state index contributed by atoms with van der Waals surface area (Å²) >= 11 is 0. The summed E-state index contributed by atoms with van der Waals surface area (Å²) in [5.41, 5.74) is 1.36. The van der Waals surface area contributed by atoms with Gasteiger partial charge in [0.1, 0.15) is 5.75 Å². The molecule has 0 saturated carbocycles. The monoisotopic (exact) mass is 289 g/mol. The molecule has 0 aliphatic carbocycles.